The summed E-state index contributed by atoms with van der Waals surface area (Å²) in [5.74, 6) is -5.85. The number of hydrogen-bond donors (Lipinski definition) is 1. The lowest BCUT2D eigenvalue weighted by atomic mass is 9.89. The van der Waals surface area contributed by atoms with Crippen molar-refractivity contribution in [3.8, 4) is 0 Å². The highest BCUT2D eigenvalue weighted by Gasteiger charge is 2.62. The SMILES string of the molecule is CNC1(C)CCN(C(=O)C(C(F)(F)F)C(F)(F)F)CC1. The minimum absolute atomic E-state index is 0.126. The molecule has 0 radical (unpaired) electrons. The highest BCUT2D eigenvalue weighted by atomic mass is 19.4. The van der Waals surface area contributed by atoms with Gasteiger partial charge in [-0.25, -0.2) is 0 Å². The lowest BCUT2D eigenvalue weighted by Crippen LogP contribution is -2.56. The van der Waals surface area contributed by atoms with E-state index in [0.717, 1.165) is 0 Å². The van der Waals surface area contributed by atoms with E-state index in [-0.39, 0.29) is 18.6 Å². The first-order valence-electron chi connectivity index (χ1n) is 6.02. The highest BCUT2D eigenvalue weighted by Crippen LogP contribution is 2.41. The molecular formula is C11H16F6N2O. The molecule has 0 bridgehead atoms. The van der Waals surface area contributed by atoms with Crippen LogP contribution in [0.4, 0.5) is 26.3 Å². The number of nitrogens with zero attached hydrogens (tertiary/aromatic N) is 1. The van der Waals surface area contributed by atoms with E-state index in [1.54, 1.807) is 14.0 Å². The first-order chi connectivity index (χ1) is 8.91. The molecule has 1 amide bonds. The van der Waals surface area contributed by atoms with Gasteiger partial charge in [0.1, 0.15) is 0 Å². The van der Waals surface area contributed by atoms with Crippen LogP contribution in [0.15, 0.2) is 0 Å². The molecule has 1 heterocycles. The Morgan fingerprint density at radius 2 is 1.50 bits per heavy atom. The summed E-state index contributed by atoms with van der Waals surface area (Å²) < 4.78 is 74.8. The topological polar surface area (TPSA) is 32.3 Å². The molecule has 0 unspecified atom stereocenters. The number of piperidine rings is 1. The molecule has 0 atom stereocenters. The molecule has 0 aromatic heterocycles. The molecule has 20 heavy (non-hydrogen) atoms. The molecule has 9 heteroatoms. The summed E-state index contributed by atoms with van der Waals surface area (Å²) >= 11 is 0. The van der Waals surface area contributed by atoms with Crippen molar-refractivity contribution in [1.29, 1.82) is 0 Å². The van der Waals surface area contributed by atoms with Crippen molar-refractivity contribution in [2.24, 2.45) is 5.92 Å². The summed E-state index contributed by atoms with van der Waals surface area (Å²) in [6.45, 7) is 1.55. The molecule has 3 nitrogen and oxygen atoms in total. The van der Waals surface area contributed by atoms with Gasteiger partial charge in [0.2, 0.25) is 11.8 Å². The zero-order chi connectivity index (χ0) is 15.8. The van der Waals surface area contributed by atoms with Gasteiger partial charge in [-0.1, -0.05) is 0 Å². The number of likely N-dealkylation sites (tertiary alicyclic amines) is 1. The van der Waals surface area contributed by atoms with Crippen LogP contribution in [0.3, 0.4) is 0 Å². The van der Waals surface area contributed by atoms with E-state index in [0.29, 0.717) is 17.7 Å². The van der Waals surface area contributed by atoms with Gasteiger partial charge in [-0.05, 0) is 26.8 Å². The van der Waals surface area contributed by atoms with Crippen LogP contribution in [0.25, 0.3) is 0 Å². The van der Waals surface area contributed by atoms with E-state index in [9.17, 15) is 31.1 Å². The fourth-order valence-corrected chi connectivity index (χ4v) is 2.12. The molecule has 0 aromatic rings. The Bertz CT molecular complexity index is 343. The Balaban J connectivity index is 2.84. The minimum Gasteiger partial charge on any atom is -0.342 e. The molecule has 1 aliphatic heterocycles. The molecule has 0 aromatic carbocycles. The Morgan fingerprint density at radius 1 is 1.10 bits per heavy atom. The maximum Gasteiger partial charge on any atom is 0.409 e. The first-order valence-corrected chi connectivity index (χ1v) is 6.02. The third-order valence-corrected chi connectivity index (χ3v) is 3.68. The second kappa shape index (κ2) is 5.42. The summed E-state index contributed by atoms with van der Waals surface area (Å²) in [5, 5.41) is 2.95. The number of rotatable bonds is 2. The van der Waals surface area contributed by atoms with Gasteiger partial charge < -0.3 is 10.2 Å². The van der Waals surface area contributed by atoms with Gasteiger partial charge in [0.05, 0.1) is 0 Å². The summed E-state index contributed by atoms with van der Waals surface area (Å²) in [4.78, 5) is 12.2. The van der Waals surface area contributed by atoms with E-state index < -0.39 is 24.2 Å². The molecule has 1 rings (SSSR count). The molecular weight excluding hydrogens is 290 g/mol. The van der Waals surface area contributed by atoms with Gasteiger partial charge in [0.15, 0.2) is 0 Å². The maximum absolute atomic E-state index is 12.5. The number of carbonyl (C=O) groups excluding carboxylic acids is 1. The van der Waals surface area contributed by atoms with Gasteiger partial charge in [0, 0.05) is 18.6 Å². The second-order valence-corrected chi connectivity index (χ2v) is 5.15. The van der Waals surface area contributed by atoms with Crippen LogP contribution < -0.4 is 5.32 Å². The molecule has 1 aliphatic rings. The number of amides is 1. The fraction of sp³-hybridized carbons (Fsp3) is 0.909. The molecule has 0 aliphatic carbocycles. The standard InChI is InChI=1S/C11H16F6N2O/c1-9(18-2)3-5-19(6-4-9)8(20)7(10(12,13)14)11(15,16)17/h7,18H,3-6H2,1-2H3. The molecule has 1 fully saturated rings. The van der Waals surface area contributed by atoms with Crippen molar-refractivity contribution in [2.75, 3.05) is 20.1 Å². The van der Waals surface area contributed by atoms with Gasteiger partial charge in [0.25, 0.3) is 0 Å². The van der Waals surface area contributed by atoms with Crippen LogP contribution in [0.2, 0.25) is 0 Å². The monoisotopic (exact) mass is 306 g/mol. The number of alkyl halides is 6. The highest BCUT2D eigenvalue weighted by molar-refractivity contribution is 5.80. The van der Waals surface area contributed by atoms with Gasteiger partial charge in [-0.2, -0.15) is 26.3 Å². The summed E-state index contributed by atoms with van der Waals surface area (Å²) in [6.07, 6.45) is -10.6. The Kier molecular flexibility index (Phi) is 4.62. The van der Waals surface area contributed by atoms with Crippen LogP contribution in [-0.2, 0) is 4.79 Å². The number of hydrogen-bond acceptors (Lipinski definition) is 2. The largest absolute Gasteiger partial charge is 0.409 e. The van der Waals surface area contributed by atoms with Crippen LogP contribution in [0.1, 0.15) is 19.8 Å². The minimum atomic E-state index is -5.63. The summed E-state index contributed by atoms with van der Waals surface area (Å²) in [6, 6.07) is 0. The van der Waals surface area contributed by atoms with Gasteiger partial charge in [-0.15, -0.1) is 0 Å². The second-order valence-electron chi connectivity index (χ2n) is 5.15. The van der Waals surface area contributed by atoms with Crippen molar-refractivity contribution >= 4 is 5.91 Å². The number of halogens is 6. The first kappa shape index (κ1) is 17.1. The Labute approximate surface area is 112 Å². The lowest BCUT2D eigenvalue weighted by molar-refractivity contribution is -0.277. The van der Waals surface area contributed by atoms with Crippen molar-refractivity contribution in [3.05, 3.63) is 0 Å². The van der Waals surface area contributed by atoms with E-state index in [1.807, 2.05) is 0 Å². The zero-order valence-corrected chi connectivity index (χ0v) is 11.0. The predicted octanol–water partition coefficient (Wildman–Crippen LogP) is 2.33. The van der Waals surface area contributed by atoms with Crippen LogP contribution in [0.5, 0.6) is 0 Å². The summed E-state index contributed by atoms with van der Waals surface area (Å²) in [7, 11) is 1.66. The number of nitrogens with one attached hydrogen (secondary N) is 1. The van der Waals surface area contributed by atoms with Gasteiger partial charge in [-0.3, -0.25) is 4.79 Å². The number of carbonyl (C=O) groups is 1. The van der Waals surface area contributed by atoms with E-state index in [2.05, 4.69) is 5.32 Å². The zero-order valence-electron chi connectivity index (χ0n) is 11.0. The van der Waals surface area contributed by atoms with Crippen LogP contribution >= 0.6 is 0 Å². The van der Waals surface area contributed by atoms with Crippen molar-refractivity contribution in [2.45, 2.75) is 37.7 Å². The lowest BCUT2D eigenvalue weighted by Gasteiger charge is -2.40. The van der Waals surface area contributed by atoms with E-state index in [4.69, 9.17) is 0 Å². The predicted molar refractivity (Wildman–Crippen MR) is 58.9 cm³/mol. The quantitative estimate of drug-likeness (QED) is 0.794. The molecule has 0 spiro atoms. The normalized spacial score (nSPS) is 20.4. The molecule has 1 saturated heterocycles. The van der Waals surface area contributed by atoms with Crippen molar-refractivity contribution in [1.82, 2.24) is 10.2 Å². The van der Waals surface area contributed by atoms with Crippen LogP contribution in [-0.4, -0.2) is 48.8 Å². The third kappa shape index (κ3) is 3.77. The Hall–Kier alpha value is -0.990. The molecule has 1 N–H and O–H groups in total. The van der Waals surface area contributed by atoms with Crippen molar-refractivity contribution in [3.63, 3.8) is 0 Å². The van der Waals surface area contributed by atoms with Crippen molar-refractivity contribution < 1.29 is 31.1 Å². The molecule has 0 saturated carbocycles. The average Bonchev–Trinajstić information content (AvgIpc) is 2.26. The smallest absolute Gasteiger partial charge is 0.342 e. The van der Waals surface area contributed by atoms with Gasteiger partial charge >= 0.3 is 12.4 Å². The fourth-order valence-electron chi connectivity index (χ4n) is 2.12. The third-order valence-electron chi connectivity index (χ3n) is 3.68. The van der Waals surface area contributed by atoms with Crippen LogP contribution in [0, 0.1) is 5.92 Å². The summed E-state index contributed by atoms with van der Waals surface area (Å²) in [5.41, 5.74) is -0.372. The van der Waals surface area contributed by atoms with E-state index >= 15 is 0 Å². The Morgan fingerprint density at radius 3 is 1.80 bits per heavy atom. The molecule has 118 valence electrons. The maximum atomic E-state index is 12.5. The average molecular weight is 306 g/mol. The van der Waals surface area contributed by atoms with E-state index in [1.165, 1.54) is 0 Å².